The van der Waals surface area contributed by atoms with E-state index in [0.717, 1.165) is 25.7 Å². The van der Waals surface area contributed by atoms with Crippen LogP contribution < -0.4 is 5.32 Å². The molecular formula is C14H24N2O4. The molecule has 6 nitrogen and oxygen atoms in total. The number of carbonyl (C=O) groups excluding carboxylic acids is 2. The van der Waals surface area contributed by atoms with Crippen molar-refractivity contribution in [3.8, 4) is 0 Å². The number of carboxylic acid groups (broad SMARTS) is 1. The van der Waals surface area contributed by atoms with Crippen LogP contribution in [0.4, 0.5) is 4.79 Å². The average Bonchev–Trinajstić information content (AvgIpc) is 2.45. The van der Waals surface area contributed by atoms with Crippen molar-refractivity contribution in [2.24, 2.45) is 5.41 Å². The molecule has 1 fully saturated rings. The highest BCUT2D eigenvalue weighted by Crippen LogP contribution is 2.37. The van der Waals surface area contributed by atoms with Crippen molar-refractivity contribution in [1.82, 2.24) is 10.2 Å². The monoisotopic (exact) mass is 284 g/mol. The second-order valence-corrected chi connectivity index (χ2v) is 5.44. The molecule has 114 valence electrons. The summed E-state index contributed by atoms with van der Waals surface area (Å²) in [5.41, 5.74) is 0.324. The summed E-state index contributed by atoms with van der Waals surface area (Å²) in [6, 6.07) is -0.402. The van der Waals surface area contributed by atoms with E-state index in [1.54, 1.807) is 4.90 Å². The number of hydrogen-bond acceptors (Lipinski definition) is 3. The maximum absolute atomic E-state index is 11.9. The summed E-state index contributed by atoms with van der Waals surface area (Å²) in [5, 5.41) is 10.7. The number of rotatable bonds is 5. The number of aliphatic carboxylic acids is 1. The molecule has 0 saturated carbocycles. The smallest absolute Gasteiger partial charge is 0.324 e. The SMILES string of the molecule is CCC1(CC)CCN(C(=O)NC(=O)CCC(=O)O)CC1. The molecule has 1 aliphatic rings. The van der Waals surface area contributed by atoms with Crippen LogP contribution in [0.1, 0.15) is 52.4 Å². The number of nitrogens with one attached hydrogen (secondary N) is 1. The third kappa shape index (κ3) is 4.51. The molecule has 20 heavy (non-hydrogen) atoms. The minimum atomic E-state index is -1.04. The lowest BCUT2D eigenvalue weighted by atomic mass is 9.74. The second-order valence-electron chi connectivity index (χ2n) is 5.44. The van der Waals surface area contributed by atoms with Crippen LogP contribution in [0.2, 0.25) is 0 Å². The zero-order chi connectivity index (χ0) is 15.2. The zero-order valence-electron chi connectivity index (χ0n) is 12.3. The minimum Gasteiger partial charge on any atom is -0.481 e. The highest BCUT2D eigenvalue weighted by molar-refractivity contribution is 5.95. The van der Waals surface area contributed by atoms with Gasteiger partial charge in [-0.3, -0.25) is 14.9 Å². The minimum absolute atomic E-state index is 0.164. The van der Waals surface area contributed by atoms with E-state index in [0.29, 0.717) is 18.5 Å². The van der Waals surface area contributed by atoms with Crippen LogP contribution in [-0.2, 0) is 9.59 Å². The molecule has 0 aliphatic carbocycles. The van der Waals surface area contributed by atoms with E-state index >= 15 is 0 Å². The zero-order valence-corrected chi connectivity index (χ0v) is 12.3. The van der Waals surface area contributed by atoms with Crippen molar-refractivity contribution in [3.63, 3.8) is 0 Å². The predicted octanol–water partition coefficient (Wildman–Crippen LogP) is 1.99. The number of carboxylic acids is 1. The number of hydrogen-bond donors (Lipinski definition) is 2. The number of nitrogens with zero attached hydrogens (tertiary/aromatic N) is 1. The lowest BCUT2D eigenvalue weighted by molar-refractivity contribution is -0.138. The molecule has 0 aromatic heterocycles. The molecule has 0 aromatic carbocycles. The fourth-order valence-corrected chi connectivity index (χ4v) is 2.62. The van der Waals surface area contributed by atoms with Gasteiger partial charge in [0.05, 0.1) is 6.42 Å². The lowest BCUT2D eigenvalue weighted by Crippen LogP contribution is -2.48. The first-order valence-corrected chi connectivity index (χ1v) is 7.23. The Hall–Kier alpha value is -1.59. The van der Waals surface area contributed by atoms with Crippen LogP contribution in [0.15, 0.2) is 0 Å². The van der Waals surface area contributed by atoms with Crippen LogP contribution in [0.5, 0.6) is 0 Å². The fraction of sp³-hybridized carbons (Fsp3) is 0.786. The Labute approximate surface area is 119 Å². The van der Waals surface area contributed by atoms with Gasteiger partial charge < -0.3 is 10.0 Å². The Balaban J connectivity index is 2.39. The molecule has 2 N–H and O–H groups in total. The van der Waals surface area contributed by atoms with Gasteiger partial charge in [-0.15, -0.1) is 0 Å². The van der Waals surface area contributed by atoms with Crippen LogP contribution in [0.3, 0.4) is 0 Å². The fourth-order valence-electron chi connectivity index (χ4n) is 2.62. The van der Waals surface area contributed by atoms with Gasteiger partial charge in [-0.05, 0) is 18.3 Å². The third-order valence-corrected chi connectivity index (χ3v) is 4.42. The predicted molar refractivity (Wildman–Crippen MR) is 74.2 cm³/mol. The van der Waals surface area contributed by atoms with Gasteiger partial charge in [-0.2, -0.15) is 0 Å². The Kier molecular flexibility index (Phi) is 5.98. The maximum Gasteiger partial charge on any atom is 0.324 e. The quantitative estimate of drug-likeness (QED) is 0.808. The van der Waals surface area contributed by atoms with Crippen molar-refractivity contribution in [2.45, 2.75) is 52.4 Å². The number of carbonyl (C=O) groups is 3. The Morgan fingerprint density at radius 2 is 1.65 bits per heavy atom. The van der Waals surface area contributed by atoms with Crippen LogP contribution in [0, 0.1) is 5.41 Å². The van der Waals surface area contributed by atoms with Gasteiger partial charge in [0.2, 0.25) is 5.91 Å². The van der Waals surface area contributed by atoms with Crippen molar-refractivity contribution < 1.29 is 19.5 Å². The van der Waals surface area contributed by atoms with E-state index in [1.165, 1.54) is 0 Å². The molecule has 0 aromatic rings. The Bertz CT molecular complexity index is 367. The van der Waals surface area contributed by atoms with Crippen LogP contribution in [-0.4, -0.2) is 41.0 Å². The van der Waals surface area contributed by atoms with Crippen LogP contribution >= 0.6 is 0 Å². The van der Waals surface area contributed by atoms with E-state index in [-0.39, 0.29) is 12.8 Å². The molecule has 0 spiro atoms. The summed E-state index contributed by atoms with van der Waals surface area (Å²) in [6.45, 7) is 5.66. The number of urea groups is 1. The van der Waals surface area contributed by atoms with Crippen molar-refractivity contribution in [1.29, 1.82) is 0 Å². The summed E-state index contributed by atoms with van der Waals surface area (Å²) in [7, 11) is 0. The first-order valence-electron chi connectivity index (χ1n) is 7.23. The molecule has 3 amide bonds. The van der Waals surface area contributed by atoms with Crippen molar-refractivity contribution >= 4 is 17.9 Å². The van der Waals surface area contributed by atoms with Crippen molar-refractivity contribution in [2.75, 3.05) is 13.1 Å². The molecular weight excluding hydrogens is 260 g/mol. The Morgan fingerprint density at radius 1 is 1.10 bits per heavy atom. The molecule has 1 saturated heterocycles. The van der Waals surface area contributed by atoms with Gasteiger partial charge >= 0.3 is 12.0 Å². The first-order chi connectivity index (χ1) is 9.42. The number of likely N-dealkylation sites (tertiary alicyclic amines) is 1. The molecule has 1 aliphatic heterocycles. The Morgan fingerprint density at radius 3 is 2.10 bits per heavy atom. The number of piperidine rings is 1. The maximum atomic E-state index is 11.9. The topological polar surface area (TPSA) is 86.7 Å². The summed E-state index contributed by atoms with van der Waals surface area (Å²) in [4.78, 5) is 35.3. The van der Waals surface area contributed by atoms with E-state index in [4.69, 9.17) is 5.11 Å². The summed E-state index contributed by atoms with van der Waals surface area (Å²) in [6.07, 6.45) is 3.71. The first kappa shape index (κ1) is 16.5. The van der Waals surface area contributed by atoms with E-state index in [2.05, 4.69) is 19.2 Å². The molecule has 0 atom stereocenters. The average molecular weight is 284 g/mol. The summed E-state index contributed by atoms with van der Waals surface area (Å²) >= 11 is 0. The van der Waals surface area contributed by atoms with Gasteiger partial charge in [0.25, 0.3) is 0 Å². The van der Waals surface area contributed by atoms with Crippen LogP contribution in [0.25, 0.3) is 0 Å². The molecule has 0 bridgehead atoms. The van der Waals surface area contributed by atoms with E-state index in [9.17, 15) is 14.4 Å². The molecule has 0 unspecified atom stereocenters. The van der Waals surface area contributed by atoms with Gasteiger partial charge in [-0.1, -0.05) is 26.7 Å². The highest BCUT2D eigenvalue weighted by atomic mass is 16.4. The normalized spacial score (nSPS) is 17.6. The van der Waals surface area contributed by atoms with Gasteiger partial charge in [-0.25, -0.2) is 4.79 Å². The largest absolute Gasteiger partial charge is 0.481 e. The summed E-state index contributed by atoms with van der Waals surface area (Å²) in [5.74, 6) is -1.57. The van der Waals surface area contributed by atoms with Gasteiger partial charge in [0.1, 0.15) is 0 Å². The highest BCUT2D eigenvalue weighted by Gasteiger charge is 2.33. The number of amides is 3. The summed E-state index contributed by atoms with van der Waals surface area (Å²) < 4.78 is 0. The third-order valence-electron chi connectivity index (χ3n) is 4.42. The van der Waals surface area contributed by atoms with Gasteiger partial charge in [0.15, 0.2) is 0 Å². The van der Waals surface area contributed by atoms with Crippen molar-refractivity contribution in [3.05, 3.63) is 0 Å². The standard InChI is InChI=1S/C14H24N2O4/c1-3-14(4-2)7-9-16(10-8-14)13(20)15-11(17)5-6-12(18)19/h3-10H2,1-2H3,(H,18,19)(H,15,17,20). The molecule has 1 heterocycles. The van der Waals surface area contributed by atoms with E-state index in [1.807, 2.05) is 0 Å². The lowest BCUT2D eigenvalue weighted by Gasteiger charge is -2.40. The molecule has 0 radical (unpaired) electrons. The van der Waals surface area contributed by atoms with Gasteiger partial charge in [0, 0.05) is 19.5 Å². The molecule has 6 heteroatoms. The molecule has 1 rings (SSSR count). The van der Waals surface area contributed by atoms with E-state index < -0.39 is 17.9 Å². The number of imide groups is 1. The second kappa shape index (κ2) is 7.26.